The quantitative estimate of drug-likeness (QED) is 0.878. The van der Waals surface area contributed by atoms with E-state index in [0.29, 0.717) is 25.1 Å². The number of nitrogens with zero attached hydrogens (tertiary/aromatic N) is 3. The Labute approximate surface area is 154 Å². The molecule has 1 unspecified atom stereocenters. The van der Waals surface area contributed by atoms with Crippen molar-refractivity contribution in [3.05, 3.63) is 47.8 Å². The number of piperidine rings is 1. The first kappa shape index (κ1) is 18.9. The van der Waals surface area contributed by atoms with Crippen molar-refractivity contribution < 1.29 is 22.7 Å². The van der Waals surface area contributed by atoms with Crippen molar-refractivity contribution in [2.75, 3.05) is 18.4 Å². The first-order chi connectivity index (χ1) is 12.8. The molecule has 1 saturated heterocycles. The Morgan fingerprint density at radius 1 is 1.33 bits per heavy atom. The lowest BCUT2D eigenvalue weighted by atomic mass is 10.1. The van der Waals surface area contributed by atoms with Crippen LogP contribution in [0.15, 0.2) is 36.5 Å². The van der Waals surface area contributed by atoms with Crippen molar-refractivity contribution in [3.63, 3.8) is 0 Å². The fourth-order valence-corrected chi connectivity index (χ4v) is 2.85. The average molecular weight is 380 g/mol. The zero-order valence-corrected chi connectivity index (χ0v) is 14.7. The maximum absolute atomic E-state index is 12.7. The number of likely N-dealkylation sites (tertiary alicyclic amines) is 1. The van der Waals surface area contributed by atoms with Crippen LogP contribution >= 0.6 is 0 Å². The van der Waals surface area contributed by atoms with Gasteiger partial charge >= 0.3 is 18.2 Å². The Kier molecular flexibility index (Phi) is 5.48. The normalized spacial score (nSPS) is 17.5. The molecule has 0 aliphatic carbocycles. The van der Waals surface area contributed by atoms with Gasteiger partial charge in [-0.2, -0.15) is 18.2 Å². The van der Waals surface area contributed by atoms with Crippen LogP contribution < -0.4 is 10.1 Å². The molecule has 0 radical (unpaired) electrons. The van der Waals surface area contributed by atoms with Crippen LogP contribution in [0.5, 0.6) is 6.01 Å². The minimum absolute atomic E-state index is 0.247. The number of anilines is 1. The van der Waals surface area contributed by atoms with Crippen molar-refractivity contribution in [1.29, 1.82) is 0 Å². The minimum Gasteiger partial charge on any atom is -0.458 e. The Morgan fingerprint density at radius 2 is 2.15 bits per heavy atom. The Hall–Kier alpha value is -2.84. The summed E-state index contributed by atoms with van der Waals surface area (Å²) in [5, 5.41) is 2.82. The van der Waals surface area contributed by atoms with Gasteiger partial charge in [-0.25, -0.2) is 9.78 Å². The number of alkyl halides is 3. The van der Waals surface area contributed by atoms with E-state index in [0.717, 1.165) is 17.8 Å². The number of ether oxygens (including phenoxy) is 1. The number of aromatic nitrogens is 2. The molecule has 2 aromatic rings. The summed E-state index contributed by atoms with van der Waals surface area (Å²) in [7, 11) is 0. The lowest BCUT2D eigenvalue weighted by molar-refractivity contribution is -0.141. The molecular formula is C18H19F3N4O2. The van der Waals surface area contributed by atoms with E-state index in [1.165, 1.54) is 0 Å². The molecule has 2 heterocycles. The topological polar surface area (TPSA) is 67.4 Å². The van der Waals surface area contributed by atoms with E-state index >= 15 is 0 Å². The van der Waals surface area contributed by atoms with Gasteiger partial charge in [0.15, 0.2) is 5.69 Å². The molecule has 9 heteroatoms. The van der Waals surface area contributed by atoms with Crippen LogP contribution in [0.4, 0.5) is 23.7 Å². The van der Waals surface area contributed by atoms with Gasteiger partial charge in [0.1, 0.15) is 6.10 Å². The van der Waals surface area contributed by atoms with Crippen molar-refractivity contribution >= 4 is 11.7 Å². The van der Waals surface area contributed by atoms with E-state index in [1.54, 1.807) is 11.0 Å². The van der Waals surface area contributed by atoms with Crippen LogP contribution in [0.1, 0.15) is 24.1 Å². The Morgan fingerprint density at radius 3 is 2.89 bits per heavy atom. The molecule has 1 aromatic heterocycles. The zero-order chi connectivity index (χ0) is 19.4. The standard InChI is InChI=1S/C18H19F3N4O2/c1-12-4-2-5-13(10-12)23-17(26)25-9-3-6-14(11-25)27-16-22-8-7-15(24-16)18(19,20)21/h2,4-5,7-8,10,14H,3,6,9,11H2,1H3,(H,23,26). The summed E-state index contributed by atoms with van der Waals surface area (Å²) < 4.78 is 43.7. The van der Waals surface area contributed by atoms with Crippen LogP contribution in [0.2, 0.25) is 0 Å². The fourth-order valence-electron chi connectivity index (χ4n) is 2.85. The second-order valence-electron chi connectivity index (χ2n) is 6.35. The van der Waals surface area contributed by atoms with E-state index in [1.807, 2.05) is 25.1 Å². The van der Waals surface area contributed by atoms with E-state index < -0.39 is 18.0 Å². The van der Waals surface area contributed by atoms with E-state index in [-0.39, 0.29) is 18.6 Å². The van der Waals surface area contributed by atoms with Gasteiger partial charge in [-0.1, -0.05) is 12.1 Å². The summed E-state index contributed by atoms with van der Waals surface area (Å²) in [6.07, 6.45) is -2.74. The second-order valence-corrected chi connectivity index (χ2v) is 6.35. The molecule has 1 fully saturated rings. The number of rotatable bonds is 3. The summed E-state index contributed by atoms with van der Waals surface area (Å²) in [4.78, 5) is 21.2. The molecule has 1 N–H and O–H groups in total. The number of carbonyl (C=O) groups is 1. The predicted octanol–water partition coefficient (Wildman–Crippen LogP) is 3.88. The molecule has 1 aliphatic heterocycles. The van der Waals surface area contributed by atoms with Gasteiger partial charge in [-0.15, -0.1) is 0 Å². The Bertz CT molecular complexity index is 813. The van der Waals surface area contributed by atoms with Gasteiger partial charge in [0, 0.05) is 18.4 Å². The summed E-state index contributed by atoms with van der Waals surface area (Å²) >= 11 is 0. The van der Waals surface area contributed by atoms with Gasteiger partial charge < -0.3 is 15.0 Å². The number of nitrogens with one attached hydrogen (secondary N) is 1. The molecule has 6 nitrogen and oxygen atoms in total. The third-order valence-corrected chi connectivity index (χ3v) is 4.13. The zero-order valence-electron chi connectivity index (χ0n) is 14.7. The average Bonchev–Trinajstić information content (AvgIpc) is 2.61. The third kappa shape index (κ3) is 5.08. The molecule has 0 bridgehead atoms. The maximum atomic E-state index is 12.7. The molecule has 1 atom stereocenters. The first-order valence-electron chi connectivity index (χ1n) is 8.51. The fraction of sp³-hybridized carbons (Fsp3) is 0.389. The highest BCUT2D eigenvalue weighted by molar-refractivity contribution is 5.89. The predicted molar refractivity (Wildman–Crippen MR) is 92.5 cm³/mol. The van der Waals surface area contributed by atoms with Gasteiger partial charge in [-0.05, 0) is 43.5 Å². The minimum atomic E-state index is -4.56. The monoisotopic (exact) mass is 380 g/mol. The highest BCUT2D eigenvalue weighted by atomic mass is 19.4. The van der Waals surface area contributed by atoms with E-state index in [9.17, 15) is 18.0 Å². The summed E-state index contributed by atoms with van der Waals surface area (Å²) in [5.74, 6) is 0. The molecule has 1 aliphatic rings. The lowest BCUT2D eigenvalue weighted by Crippen LogP contribution is -2.46. The number of carbonyl (C=O) groups excluding carboxylic acids is 1. The molecule has 0 spiro atoms. The van der Waals surface area contributed by atoms with Crippen LogP contribution in [-0.4, -0.2) is 40.1 Å². The smallest absolute Gasteiger partial charge is 0.433 e. The third-order valence-electron chi connectivity index (χ3n) is 4.13. The summed E-state index contributed by atoms with van der Waals surface area (Å²) in [6.45, 7) is 2.72. The number of amides is 2. The van der Waals surface area contributed by atoms with Crippen LogP contribution in [0, 0.1) is 6.92 Å². The number of hydrogen-bond acceptors (Lipinski definition) is 4. The number of benzene rings is 1. The Balaban J connectivity index is 1.61. The molecular weight excluding hydrogens is 361 g/mol. The number of hydrogen-bond donors (Lipinski definition) is 1. The molecule has 1 aromatic carbocycles. The summed E-state index contributed by atoms with van der Waals surface area (Å²) in [6, 6.07) is 7.59. The van der Waals surface area contributed by atoms with Crippen molar-refractivity contribution in [3.8, 4) is 6.01 Å². The van der Waals surface area contributed by atoms with Crippen molar-refractivity contribution in [1.82, 2.24) is 14.9 Å². The van der Waals surface area contributed by atoms with Crippen molar-refractivity contribution in [2.24, 2.45) is 0 Å². The van der Waals surface area contributed by atoms with Crippen molar-refractivity contribution in [2.45, 2.75) is 32.0 Å². The maximum Gasteiger partial charge on any atom is 0.433 e. The number of urea groups is 1. The molecule has 0 saturated carbocycles. The van der Waals surface area contributed by atoms with Crippen LogP contribution in [0.3, 0.4) is 0 Å². The number of halogens is 3. The molecule has 2 amide bonds. The first-order valence-corrected chi connectivity index (χ1v) is 8.51. The molecule has 144 valence electrons. The number of aryl methyl sites for hydroxylation is 1. The van der Waals surface area contributed by atoms with Gasteiger partial charge in [0.25, 0.3) is 0 Å². The SMILES string of the molecule is Cc1cccc(NC(=O)N2CCCC(Oc3nccc(C(F)(F)F)n3)C2)c1. The lowest BCUT2D eigenvalue weighted by Gasteiger charge is -2.32. The van der Waals surface area contributed by atoms with E-state index in [4.69, 9.17) is 4.74 Å². The summed E-state index contributed by atoms with van der Waals surface area (Å²) in [5.41, 5.74) is 0.649. The highest BCUT2D eigenvalue weighted by Crippen LogP contribution is 2.28. The van der Waals surface area contributed by atoms with E-state index in [2.05, 4.69) is 15.3 Å². The van der Waals surface area contributed by atoms with Gasteiger partial charge in [0.05, 0.1) is 6.54 Å². The molecule has 3 rings (SSSR count). The van der Waals surface area contributed by atoms with Gasteiger partial charge in [-0.3, -0.25) is 0 Å². The van der Waals surface area contributed by atoms with Crippen LogP contribution in [-0.2, 0) is 6.18 Å². The highest BCUT2D eigenvalue weighted by Gasteiger charge is 2.33. The van der Waals surface area contributed by atoms with Gasteiger partial charge in [0.2, 0.25) is 0 Å². The largest absolute Gasteiger partial charge is 0.458 e. The van der Waals surface area contributed by atoms with Crippen LogP contribution in [0.25, 0.3) is 0 Å². The molecule has 27 heavy (non-hydrogen) atoms. The second kappa shape index (κ2) is 7.81.